The molecule has 0 aromatic heterocycles. The highest BCUT2D eigenvalue weighted by Gasteiger charge is 2.39. The number of hydrogen-bond acceptors (Lipinski definition) is 2. The van der Waals surface area contributed by atoms with Crippen LogP contribution in [0.1, 0.15) is 111 Å². The molecular weight excluding hydrogens is 508 g/mol. The van der Waals surface area contributed by atoms with Gasteiger partial charge in [-0.15, -0.1) is 0 Å². The fourth-order valence-corrected chi connectivity index (χ4v) is 9.31. The first-order valence-corrected chi connectivity index (χ1v) is 17.4. The quantitative estimate of drug-likeness (QED) is 0.284. The summed E-state index contributed by atoms with van der Waals surface area (Å²) in [5, 5.41) is 0. The summed E-state index contributed by atoms with van der Waals surface area (Å²) in [6.07, 6.45) is 16.4. The van der Waals surface area contributed by atoms with E-state index in [0.717, 1.165) is 5.92 Å². The molecule has 1 saturated carbocycles. The molecule has 7 rings (SSSR count). The summed E-state index contributed by atoms with van der Waals surface area (Å²) in [5.41, 5.74) is 9.73. The highest BCUT2D eigenvalue weighted by atomic mass is 15.2. The van der Waals surface area contributed by atoms with Gasteiger partial charge in [-0.3, -0.25) is 0 Å². The zero-order valence-corrected chi connectivity index (χ0v) is 26.1. The molecule has 2 aliphatic carbocycles. The lowest BCUT2D eigenvalue weighted by atomic mass is 9.69. The Bertz CT molecular complexity index is 1300. The Morgan fingerprint density at radius 2 is 1.55 bits per heavy atom. The van der Waals surface area contributed by atoms with Gasteiger partial charge >= 0.3 is 0 Å². The molecule has 2 nitrogen and oxygen atoms in total. The van der Waals surface area contributed by atoms with E-state index < -0.39 is 0 Å². The second-order valence-electron chi connectivity index (χ2n) is 14.4. The zero-order chi connectivity index (χ0) is 28.4. The maximum absolute atomic E-state index is 2.84. The van der Waals surface area contributed by atoms with Crippen molar-refractivity contribution in [3.05, 3.63) is 101 Å². The van der Waals surface area contributed by atoms with Gasteiger partial charge in [0.25, 0.3) is 0 Å². The summed E-state index contributed by atoms with van der Waals surface area (Å²) >= 11 is 0. The van der Waals surface area contributed by atoms with Gasteiger partial charge in [-0.05, 0) is 115 Å². The summed E-state index contributed by atoms with van der Waals surface area (Å²) in [4.78, 5) is 5.50. The molecule has 3 aromatic rings. The molecule has 2 saturated heterocycles. The lowest BCUT2D eigenvalue weighted by Crippen LogP contribution is -2.39. The largest absolute Gasteiger partial charge is 0.372 e. The minimum absolute atomic E-state index is 0.430. The van der Waals surface area contributed by atoms with E-state index in [1.165, 1.54) is 132 Å². The first kappa shape index (κ1) is 28.2. The summed E-state index contributed by atoms with van der Waals surface area (Å²) in [5.74, 6) is 1.84. The molecule has 2 unspecified atom stereocenters. The fourth-order valence-electron chi connectivity index (χ4n) is 9.31. The topological polar surface area (TPSA) is 6.48 Å². The number of piperidine rings is 1. The second kappa shape index (κ2) is 12.6. The highest BCUT2D eigenvalue weighted by Crippen LogP contribution is 2.47. The third-order valence-corrected chi connectivity index (χ3v) is 11.6. The predicted molar refractivity (Wildman–Crippen MR) is 178 cm³/mol. The van der Waals surface area contributed by atoms with Crippen LogP contribution in [0.2, 0.25) is 0 Å². The summed E-state index contributed by atoms with van der Waals surface area (Å²) in [7, 11) is 0. The molecule has 2 heteroatoms. The average molecular weight is 561 g/mol. The number of fused-ring (bicyclic) bond motifs is 1. The van der Waals surface area contributed by atoms with Gasteiger partial charge in [0.1, 0.15) is 0 Å². The molecule has 42 heavy (non-hydrogen) atoms. The van der Waals surface area contributed by atoms with Gasteiger partial charge in [-0.2, -0.15) is 0 Å². The average Bonchev–Trinajstić information content (AvgIpc) is 3.42. The number of anilines is 1. The van der Waals surface area contributed by atoms with Gasteiger partial charge in [0, 0.05) is 37.8 Å². The Morgan fingerprint density at radius 3 is 2.31 bits per heavy atom. The van der Waals surface area contributed by atoms with E-state index in [2.05, 4.69) is 89.5 Å². The minimum Gasteiger partial charge on any atom is -0.372 e. The summed E-state index contributed by atoms with van der Waals surface area (Å²) in [6, 6.07) is 28.5. The Morgan fingerprint density at radius 1 is 0.762 bits per heavy atom. The number of rotatable bonds is 7. The standard InChI is InChI=1S/C40H52N2/c1-2-9-31-12-18-38-35(28-31)15-19-37(33-10-5-3-6-11-33)39(38)34-13-16-36(17-14-34)42-25-20-32(21-26-42)29-41-27-24-40(30-41)22-7-4-8-23-40/h3,5-6,10-14,16-18,28,32,37,39H,2,4,7-9,15,19-27,29-30H2,1H3. The minimum atomic E-state index is 0.430. The Hall–Kier alpha value is -2.58. The lowest BCUT2D eigenvalue weighted by Gasteiger charge is -2.37. The van der Waals surface area contributed by atoms with Crippen molar-refractivity contribution in [2.45, 2.75) is 95.8 Å². The SMILES string of the molecule is CCCc1ccc2c(c1)CCC(c1ccccc1)C2c1ccc(N2CCC(CN3CCC4(CCCCC4)C3)CC2)cc1. The molecule has 0 N–H and O–H groups in total. The molecule has 3 fully saturated rings. The third kappa shape index (κ3) is 5.94. The van der Waals surface area contributed by atoms with Crippen LogP contribution in [0.5, 0.6) is 0 Å². The van der Waals surface area contributed by atoms with Crippen LogP contribution >= 0.6 is 0 Å². The fraction of sp³-hybridized carbons (Fsp3) is 0.550. The van der Waals surface area contributed by atoms with Crippen molar-refractivity contribution >= 4 is 5.69 Å². The van der Waals surface area contributed by atoms with Crippen LogP contribution in [0.4, 0.5) is 5.69 Å². The molecule has 0 bridgehead atoms. The van der Waals surface area contributed by atoms with Gasteiger partial charge in [0.05, 0.1) is 0 Å². The van der Waals surface area contributed by atoms with Gasteiger partial charge in [0.15, 0.2) is 0 Å². The van der Waals surface area contributed by atoms with Crippen LogP contribution in [-0.4, -0.2) is 37.6 Å². The first-order chi connectivity index (χ1) is 20.7. The molecule has 2 atom stereocenters. The number of likely N-dealkylation sites (tertiary alicyclic amines) is 1. The van der Waals surface area contributed by atoms with Crippen molar-refractivity contribution in [1.82, 2.24) is 4.90 Å². The zero-order valence-electron chi connectivity index (χ0n) is 26.1. The van der Waals surface area contributed by atoms with Gasteiger partial charge in [-0.25, -0.2) is 0 Å². The molecule has 2 heterocycles. The third-order valence-electron chi connectivity index (χ3n) is 11.6. The van der Waals surface area contributed by atoms with E-state index in [1.807, 2.05) is 0 Å². The second-order valence-corrected chi connectivity index (χ2v) is 14.4. The van der Waals surface area contributed by atoms with Crippen molar-refractivity contribution in [1.29, 1.82) is 0 Å². The maximum Gasteiger partial charge on any atom is 0.0366 e. The van der Waals surface area contributed by atoms with Crippen LogP contribution in [0.15, 0.2) is 72.8 Å². The first-order valence-electron chi connectivity index (χ1n) is 17.4. The van der Waals surface area contributed by atoms with Crippen molar-refractivity contribution < 1.29 is 0 Å². The number of aryl methyl sites for hydroxylation is 2. The van der Waals surface area contributed by atoms with E-state index in [4.69, 9.17) is 0 Å². The Kier molecular flexibility index (Phi) is 8.44. The van der Waals surface area contributed by atoms with E-state index in [1.54, 1.807) is 11.1 Å². The number of nitrogens with zero attached hydrogens (tertiary/aromatic N) is 2. The molecular formula is C40H52N2. The van der Waals surface area contributed by atoms with Gasteiger partial charge in [-0.1, -0.05) is 93.3 Å². The highest BCUT2D eigenvalue weighted by molar-refractivity contribution is 5.52. The van der Waals surface area contributed by atoms with Gasteiger partial charge < -0.3 is 9.80 Å². The molecule has 0 radical (unpaired) electrons. The summed E-state index contributed by atoms with van der Waals surface area (Å²) < 4.78 is 0. The van der Waals surface area contributed by atoms with Crippen LogP contribution in [0.25, 0.3) is 0 Å². The summed E-state index contributed by atoms with van der Waals surface area (Å²) in [6.45, 7) is 8.80. The van der Waals surface area contributed by atoms with Crippen LogP contribution in [-0.2, 0) is 12.8 Å². The van der Waals surface area contributed by atoms with Crippen LogP contribution in [0, 0.1) is 11.3 Å². The molecule has 222 valence electrons. The van der Waals surface area contributed by atoms with E-state index >= 15 is 0 Å². The van der Waals surface area contributed by atoms with Crippen LogP contribution < -0.4 is 4.90 Å². The Balaban J connectivity index is 1.03. The predicted octanol–water partition coefficient (Wildman–Crippen LogP) is 9.37. The molecule has 3 aromatic carbocycles. The van der Waals surface area contributed by atoms with Crippen molar-refractivity contribution in [3.63, 3.8) is 0 Å². The van der Waals surface area contributed by atoms with Crippen molar-refractivity contribution in [3.8, 4) is 0 Å². The van der Waals surface area contributed by atoms with E-state index in [0.29, 0.717) is 17.3 Å². The smallest absolute Gasteiger partial charge is 0.0366 e. The molecule has 4 aliphatic rings. The molecule has 0 amide bonds. The Labute approximate surface area is 255 Å². The monoisotopic (exact) mass is 560 g/mol. The van der Waals surface area contributed by atoms with E-state index in [-0.39, 0.29) is 0 Å². The van der Waals surface area contributed by atoms with Crippen molar-refractivity contribution in [2.75, 3.05) is 37.6 Å². The normalized spacial score (nSPS) is 24.6. The van der Waals surface area contributed by atoms with Crippen LogP contribution in [0.3, 0.4) is 0 Å². The number of benzene rings is 3. The van der Waals surface area contributed by atoms with Gasteiger partial charge in [0.2, 0.25) is 0 Å². The van der Waals surface area contributed by atoms with Crippen molar-refractivity contribution in [2.24, 2.45) is 11.3 Å². The van der Waals surface area contributed by atoms with E-state index in [9.17, 15) is 0 Å². The number of hydrogen-bond donors (Lipinski definition) is 0. The maximum atomic E-state index is 2.84. The molecule has 1 spiro atoms. The molecule has 2 aliphatic heterocycles. The lowest BCUT2D eigenvalue weighted by molar-refractivity contribution is 0.171.